The minimum absolute atomic E-state index is 0.450. The second kappa shape index (κ2) is 5.37. The number of aliphatic hydroxyl groups excluding tert-OH is 1. The minimum atomic E-state index is -1.09. The topological polar surface area (TPSA) is 76.0 Å². The highest BCUT2D eigenvalue weighted by Gasteiger charge is 2.20. The van der Waals surface area contributed by atoms with E-state index in [0.29, 0.717) is 17.1 Å². The third-order valence-corrected chi connectivity index (χ3v) is 2.26. The molecule has 1 unspecified atom stereocenters. The molecule has 0 spiro atoms. The maximum Gasteiger partial charge on any atom is 0.313 e. The standard InChI is InChI=1S/C11H14O5/c1-15-8-3-7(4-9(5-8)16-2)10(6-12)11(13)14/h3-5,10,12H,6H2,1-2H3,(H,13,14). The zero-order valence-electron chi connectivity index (χ0n) is 9.14. The Labute approximate surface area is 93.2 Å². The molecule has 0 heterocycles. The zero-order chi connectivity index (χ0) is 12.1. The summed E-state index contributed by atoms with van der Waals surface area (Å²) < 4.78 is 10.0. The largest absolute Gasteiger partial charge is 0.497 e. The summed E-state index contributed by atoms with van der Waals surface area (Å²) in [6.07, 6.45) is 0. The van der Waals surface area contributed by atoms with Crippen LogP contribution in [0.15, 0.2) is 18.2 Å². The number of ether oxygens (including phenoxy) is 2. The molecule has 0 aliphatic carbocycles. The first-order valence-corrected chi connectivity index (χ1v) is 4.69. The van der Waals surface area contributed by atoms with Crippen LogP contribution in [0.2, 0.25) is 0 Å². The SMILES string of the molecule is COc1cc(OC)cc(C(CO)C(=O)O)c1. The number of aliphatic hydroxyl groups is 1. The van der Waals surface area contributed by atoms with Crippen LogP contribution >= 0.6 is 0 Å². The Kier molecular flexibility index (Phi) is 4.13. The van der Waals surface area contributed by atoms with Crippen molar-refractivity contribution in [1.82, 2.24) is 0 Å². The normalized spacial score (nSPS) is 11.9. The molecule has 2 N–H and O–H groups in total. The van der Waals surface area contributed by atoms with Crippen LogP contribution in [0.4, 0.5) is 0 Å². The highest BCUT2D eigenvalue weighted by molar-refractivity contribution is 5.76. The van der Waals surface area contributed by atoms with Crippen LogP contribution in [-0.2, 0) is 4.79 Å². The van der Waals surface area contributed by atoms with Crippen molar-refractivity contribution in [3.05, 3.63) is 23.8 Å². The molecule has 0 amide bonds. The van der Waals surface area contributed by atoms with Gasteiger partial charge < -0.3 is 19.7 Å². The van der Waals surface area contributed by atoms with Gasteiger partial charge >= 0.3 is 5.97 Å². The Bertz CT molecular complexity index is 352. The van der Waals surface area contributed by atoms with Gasteiger partial charge in [-0.3, -0.25) is 4.79 Å². The minimum Gasteiger partial charge on any atom is -0.497 e. The summed E-state index contributed by atoms with van der Waals surface area (Å²) in [6.45, 7) is -0.467. The molecule has 0 aliphatic rings. The molecule has 1 rings (SSSR count). The van der Waals surface area contributed by atoms with E-state index in [-0.39, 0.29) is 0 Å². The van der Waals surface area contributed by atoms with Gasteiger partial charge in [-0.15, -0.1) is 0 Å². The summed E-state index contributed by atoms with van der Waals surface area (Å²) in [6, 6.07) is 4.77. The number of methoxy groups -OCH3 is 2. The quantitative estimate of drug-likeness (QED) is 0.778. The van der Waals surface area contributed by atoms with Gasteiger partial charge in [-0.2, -0.15) is 0 Å². The summed E-state index contributed by atoms with van der Waals surface area (Å²) in [7, 11) is 2.96. The Hall–Kier alpha value is -1.75. The summed E-state index contributed by atoms with van der Waals surface area (Å²) in [4.78, 5) is 10.9. The van der Waals surface area contributed by atoms with E-state index in [1.807, 2.05) is 0 Å². The van der Waals surface area contributed by atoms with Crippen LogP contribution in [0.25, 0.3) is 0 Å². The van der Waals surface area contributed by atoms with Gasteiger partial charge in [0.25, 0.3) is 0 Å². The fraction of sp³-hybridized carbons (Fsp3) is 0.364. The fourth-order valence-corrected chi connectivity index (χ4v) is 1.36. The zero-order valence-corrected chi connectivity index (χ0v) is 9.14. The molecule has 1 aromatic rings. The average molecular weight is 226 g/mol. The maximum absolute atomic E-state index is 10.9. The second-order valence-corrected chi connectivity index (χ2v) is 3.22. The van der Waals surface area contributed by atoms with Crippen LogP contribution in [-0.4, -0.2) is 37.0 Å². The van der Waals surface area contributed by atoms with Crippen LogP contribution in [0.1, 0.15) is 11.5 Å². The Morgan fingerprint density at radius 3 is 2.06 bits per heavy atom. The summed E-state index contributed by atoms with van der Waals surface area (Å²) in [5, 5.41) is 17.9. The molecule has 0 saturated carbocycles. The molecule has 0 aliphatic heterocycles. The van der Waals surface area contributed by atoms with E-state index < -0.39 is 18.5 Å². The number of carbonyl (C=O) groups is 1. The van der Waals surface area contributed by atoms with Crippen molar-refractivity contribution >= 4 is 5.97 Å². The van der Waals surface area contributed by atoms with Crippen molar-refractivity contribution in [2.24, 2.45) is 0 Å². The smallest absolute Gasteiger partial charge is 0.313 e. The predicted octanol–water partition coefficient (Wildman–Crippen LogP) is 0.864. The average Bonchev–Trinajstić information content (AvgIpc) is 2.29. The van der Waals surface area contributed by atoms with Gasteiger partial charge in [0.1, 0.15) is 17.4 Å². The Morgan fingerprint density at radius 1 is 1.25 bits per heavy atom. The van der Waals surface area contributed by atoms with Gasteiger partial charge in [0.2, 0.25) is 0 Å². The second-order valence-electron chi connectivity index (χ2n) is 3.22. The highest BCUT2D eigenvalue weighted by atomic mass is 16.5. The molecule has 1 atom stereocenters. The summed E-state index contributed by atoms with van der Waals surface area (Å²) in [5.74, 6) is -1.06. The maximum atomic E-state index is 10.9. The van der Waals surface area contributed by atoms with E-state index in [2.05, 4.69) is 0 Å². The van der Waals surface area contributed by atoms with E-state index in [0.717, 1.165) is 0 Å². The van der Waals surface area contributed by atoms with E-state index in [9.17, 15) is 4.79 Å². The Balaban J connectivity index is 3.15. The van der Waals surface area contributed by atoms with Crippen molar-refractivity contribution in [3.8, 4) is 11.5 Å². The van der Waals surface area contributed by atoms with Crippen molar-refractivity contribution < 1.29 is 24.5 Å². The number of hydrogen-bond acceptors (Lipinski definition) is 4. The number of carboxylic acid groups (broad SMARTS) is 1. The van der Waals surface area contributed by atoms with Gasteiger partial charge in [-0.25, -0.2) is 0 Å². The number of carboxylic acids is 1. The highest BCUT2D eigenvalue weighted by Crippen LogP contribution is 2.27. The molecule has 0 aromatic heterocycles. The first-order chi connectivity index (χ1) is 7.62. The van der Waals surface area contributed by atoms with Crippen LogP contribution in [0.5, 0.6) is 11.5 Å². The molecule has 0 fully saturated rings. The van der Waals surface area contributed by atoms with E-state index in [1.165, 1.54) is 14.2 Å². The van der Waals surface area contributed by atoms with Gasteiger partial charge in [0.05, 0.1) is 20.8 Å². The van der Waals surface area contributed by atoms with Crippen LogP contribution in [0.3, 0.4) is 0 Å². The molecule has 0 radical (unpaired) electrons. The van der Waals surface area contributed by atoms with Gasteiger partial charge in [-0.1, -0.05) is 0 Å². The molecule has 5 nitrogen and oxygen atoms in total. The lowest BCUT2D eigenvalue weighted by Crippen LogP contribution is -2.15. The molecular weight excluding hydrogens is 212 g/mol. The monoisotopic (exact) mass is 226 g/mol. The lowest BCUT2D eigenvalue weighted by molar-refractivity contribution is -0.139. The molecule has 16 heavy (non-hydrogen) atoms. The van der Waals surface area contributed by atoms with Gasteiger partial charge in [0, 0.05) is 6.07 Å². The molecule has 5 heteroatoms. The molecule has 88 valence electrons. The predicted molar refractivity (Wildman–Crippen MR) is 57.0 cm³/mol. The van der Waals surface area contributed by atoms with Crippen molar-refractivity contribution in [3.63, 3.8) is 0 Å². The third kappa shape index (κ3) is 2.64. The molecule has 1 aromatic carbocycles. The number of benzene rings is 1. The van der Waals surface area contributed by atoms with Gasteiger partial charge in [-0.05, 0) is 17.7 Å². The fourth-order valence-electron chi connectivity index (χ4n) is 1.36. The Morgan fingerprint density at radius 2 is 1.75 bits per heavy atom. The molecular formula is C11H14O5. The van der Waals surface area contributed by atoms with Gasteiger partial charge in [0.15, 0.2) is 0 Å². The van der Waals surface area contributed by atoms with E-state index >= 15 is 0 Å². The first kappa shape index (κ1) is 12.3. The number of hydrogen-bond donors (Lipinski definition) is 2. The van der Waals surface area contributed by atoms with Crippen LogP contribution in [0, 0.1) is 0 Å². The van der Waals surface area contributed by atoms with E-state index in [4.69, 9.17) is 19.7 Å². The van der Waals surface area contributed by atoms with Crippen LogP contribution < -0.4 is 9.47 Å². The van der Waals surface area contributed by atoms with Crippen molar-refractivity contribution in [2.75, 3.05) is 20.8 Å². The summed E-state index contributed by atoms with van der Waals surface area (Å²) in [5.41, 5.74) is 0.450. The molecule has 0 saturated heterocycles. The third-order valence-electron chi connectivity index (χ3n) is 2.26. The lowest BCUT2D eigenvalue weighted by Gasteiger charge is -2.12. The summed E-state index contributed by atoms with van der Waals surface area (Å²) >= 11 is 0. The first-order valence-electron chi connectivity index (χ1n) is 4.69. The lowest BCUT2D eigenvalue weighted by atomic mass is 9.99. The molecule has 0 bridgehead atoms. The van der Waals surface area contributed by atoms with Crippen molar-refractivity contribution in [1.29, 1.82) is 0 Å². The van der Waals surface area contributed by atoms with Crippen molar-refractivity contribution in [2.45, 2.75) is 5.92 Å². The number of rotatable bonds is 5. The van der Waals surface area contributed by atoms with E-state index in [1.54, 1.807) is 18.2 Å². The number of aliphatic carboxylic acids is 1.